The Labute approximate surface area is 143 Å². The van der Waals surface area contributed by atoms with E-state index in [-0.39, 0.29) is 11.7 Å². The molecule has 0 aliphatic rings. The minimum Gasteiger partial charge on any atom is -0.371 e. The molecule has 0 aliphatic heterocycles. The van der Waals surface area contributed by atoms with Crippen LogP contribution in [0.1, 0.15) is 24.5 Å². The summed E-state index contributed by atoms with van der Waals surface area (Å²) in [7, 11) is 0. The van der Waals surface area contributed by atoms with E-state index in [0.717, 1.165) is 12.2 Å². The molecule has 2 aromatic rings. The minimum atomic E-state index is -0.219. The van der Waals surface area contributed by atoms with Crippen LogP contribution in [0.25, 0.3) is 0 Å². The smallest absolute Gasteiger partial charge is 0.221 e. The highest BCUT2D eigenvalue weighted by Crippen LogP contribution is 2.15. The van der Waals surface area contributed by atoms with Crippen LogP contribution in [-0.2, 0) is 11.2 Å². The first kappa shape index (κ1) is 18.0. The lowest BCUT2D eigenvalue weighted by Crippen LogP contribution is -2.31. The van der Waals surface area contributed by atoms with Gasteiger partial charge in [0, 0.05) is 31.7 Å². The van der Waals surface area contributed by atoms with Gasteiger partial charge >= 0.3 is 0 Å². The van der Waals surface area contributed by atoms with Crippen molar-refractivity contribution in [3.8, 4) is 0 Å². The summed E-state index contributed by atoms with van der Waals surface area (Å²) in [6, 6.07) is 14.9. The number of anilines is 1. The molecule has 0 aliphatic carbocycles. The number of aryl methyl sites for hydroxylation is 1. The molecule has 0 fully saturated rings. The zero-order valence-corrected chi connectivity index (χ0v) is 14.4. The average molecular weight is 328 g/mol. The molecule has 0 spiro atoms. The fraction of sp³-hybridized carbons (Fsp3) is 0.350. The molecule has 1 N–H and O–H groups in total. The van der Waals surface area contributed by atoms with Crippen LogP contribution in [-0.4, -0.2) is 25.5 Å². The highest BCUT2D eigenvalue weighted by molar-refractivity contribution is 5.76. The zero-order valence-electron chi connectivity index (χ0n) is 14.4. The van der Waals surface area contributed by atoms with Crippen LogP contribution in [0.3, 0.4) is 0 Å². The quantitative estimate of drug-likeness (QED) is 0.801. The number of carbonyl (C=O) groups is 1. The molecular formula is C20H25FN2O. The second kappa shape index (κ2) is 9.06. The van der Waals surface area contributed by atoms with Gasteiger partial charge in [-0.15, -0.1) is 0 Å². The van der Waals surface area contributed by atoms with Gasteiger partial charge in [0.25, 0.3) is 0 Å². The molecule has 2 aromatic carbocycles. The highest BCUT2D eigenvalue weighted by Gasteiger charge is 2.08. The molecule has 0 saturated carbocycles. The maximum absolute atomic E-state index is 13.5. The molecule has 0 aromatic heterocycles. The first-order valence-corrected chi connectivity index (χ1v) is 8.42. The number of benzene rings is 2. The zero-order chi connectivity index (χ0) is 17.4. The van der Waals surface area contributed by atoms with E-state index in [4.69, 9.17) is 0 Å². The molecular weight excluding hydrogens is 303 g/mol. The maximum Gasteiger partial charge on any atom is 0.221 e. The summed E-state index contributed by atoms with van der Waals surface area (Å²) in [5, 5.41) is 2.87. The Kier molecular flexibility index (Phi) is 6.79. The fourth-order valence-corrected chi connectivity index (χ4v) is 2.66. The minimum absolute atomic E-state index is 0.00237. The van der Waals surface area contributed by atoms with Crippen molar-refractivity contribution in [2.75, 3.05) is 24.5 Å². The number of carbonyl (C=O) groups excluding carboxylic acids is 1. The second-order valence-electron chi connectivity index (χ2n) is 5.86. The lowest BCUT2D eigenvalue weighted by molar-refractivity contribution is -0.120. The third-order valence-corrected chi connectivity index (χ3v) is 4.03. The lowest BCUT2D eigenvalue weighted by atomic mass is 10.1. The Morgan fingerprint density at radius 1 is 1.17 bits per heavy atom. The topological polar surface area (TPSA) is 32.3 Å². The molecule has 0 radical (unpaired) electrons. The van der Waals surface area contributed by atoms with Gasteiger partial charge in [-0.3, -0.25) is 4.79 Å². The molecule has 0 unspecified atom stereocenters. The first-order valence-electron chi connectivity index (χ1n) is 8.42. The average Bonchev–Trinajstić information content (AvgIpc) is 2.57. The SMILES string of the molecule is CCN(CCC(=O)NCCc1ccccc1F)c1cccc(C)c1. The van der Waals surface area contributed by atoms with Gasteiger partial charge in [0.1, 0.15) is 5.82 Å². The van der Waals surface area contributed by atoms with E-state index in [0.29, 0.717) is 31.5 Å². The third-order valence-electron chi connectivity index (χ3n) is 4.03. The van der Waals surface area contributed by atoms with Gasteiger partial charge in [-0.25, -0.2) is 4.39 Å². The van der Waals surface area contributed by atoms with Crippen molar-refractivity contribution in [3.05, 3.63) is 65.5 Å². The standard InChI is InChI=1S/C20H25FN2O/c1-3-23(18-9-6-7-16(2)15-18)14-12-20(24)22-13-11-17-8-4-5-10-19(17)21/h4-10,15H,3,11-14H2,1-2H3,(H,22,24). The maximum atomic E-state index is 13.5. The van der Waals surface area contributed by atoms with E-state index in [1.165, 1.54) is 11.6 Å². The van der Waals surface area contributed by atoms with Gasteiger partial charge in [0.2, 0.25) is 5.91 Å². The highest BCUT2D eigenvalue weighted by atomic mass is 19.1. The number of hydrogen-bond acceptors (Lipinski definition) is 2. The molecule has 1 amide bonds. The van der Waals surface area contributed by atoms with E-state index in [2.05, 4.69) is 42.3 Å². The van der Waals surface area contributed by atoms with E-state index in [1.807, 2.05) is 6.07 Å². The van der Waals surface area contributed by atoms with Crippen molar-refractivity contribution in [1.29, 1.82) is 0 Å². The molecule has 4 heteroatoms. The Bertz CT molecular complexity index is 672. The van der Waals surface area contributed by atoms with Crippen molar-refractivity contribution in [2.45, 2.75) is 26.7 Å². The van der Waals surface area contributed by atoms with E-state index in [9.17, 15) is 9.18 Å². The molecule has 0 saturated heterocycles. The first-order chi connectivity index (χ1) is 11.6. The summed E-state index contributed by atoms with van der Waals surface area (Å²) < 4.78 is 13.5. The molecule has 0 heterocycles. The largest absolute Gasteiger partial charge is 0.371 e. The van der Waals surface area contributed by atoms with Crippen LogP contribution in [0, 0.1) is 12.7 Å². The Hall–Kier alpha value is -2.36. The van der Waals surface area contributed by atoms with Gasteiger partial charge < -0.3 is 10.2 Å². The monoisotopic (exact) mass is 328 g/mol. The number of nitrogens with one attached hydrogen (secondary N) is 1. The third kappa shape index (κ3) is 5.37. The normalized spacial score (nSPS) is 10.5. The van der Waals surface area contributed by atoms with E-state index < -0.39 is 0 Å². The lowest BCUT2D eigenvalue weighted by Gasteiger charge is -2.23. The van der Waals surface area contributed by atoms with Gasteiger partial charge in [-0.05, 0) is 49.6 Å². The summed E-state index contributed by atoms with van der Waals surface area (Å²) in [5.41, 5.74) is 2.98. The van der Waals surface area contributed by atoms with Crippen molar-refractivity contribution >= 4 is 11.6 Å². The summed E-state index contributed by atoms with van der Waals surface area (Å²) in [6.45, 7) is 6.12. The summed E-state index contributed by atoms with van der Waals surface area (Å²) in [6.07, 6.45) is 0.937. The molecule has 3 nitrogen and oxygen atoms in total. The van der Waals surface area contributed by atoms with Crippen LogP contribution >= 0.6 is 0 Å². The summed E-state index contributed by atoms with van der Waals surface area (Å²) >= 11 is 0. The van der Waals surface area contributed by atoms with Crippen molar-refractivity contribution in [1.82, 2.24) is 5.32 Å². The molecule has 24 heavy (non-hydrogen) atoms. The number of nitrogens with zero attached hydrogens (tertiary/aromatic N) is 1. The predicted molar refractivity (Wildman–Crippen MR) is 96.8 cm³/mol. The molecule has 0 atom stereocenters. The summed E-state index contributed by atoms with van der Waals surface area (Å²) in [4.78, 5) is 14.2. The van der Waals surface area contributed by atoms with Crippen LogP contribution in [0.4, 0.5) is 10.1 Å². The van der Waals surface area contributed by atoms with Gasteiger partial charge in [0.05, 0.1) is 0 Å². The van der Waals surface area contributed by atoms with Gasteiger partial charge in [0.15, 0.2) is 0 Å². The second-order valence-corrected chi connectivity index (χ2v) is 5.86. The van der Waals surface area contributed by atoms with Crippen LogP contribution < -0.4 is 10.2 Å². The van der Waals surface area contributed by atoms with Gasteiger partial charge in [-0.1, -0.05) is 30.3 Å². The van der Waals surface area contributed by atoms with Crippen molar-refractivity contribution in [2.24, 2.45) is 0 Å². The molecule has 0 bridgehead atoms. The Morgan fingerprint density at radius 2 is 1.96 bits per heavy atom. The van der Waals surface area contributed by atoms with E-state index in [1.54, 1.807) is 18.2 Å². The number of rotatable bonds is 8. The molecule has 2 rings (SSSR count). The predicted octanol–water partition coefficient (Wildman–Crippen LogP) is 3.71. The van der Waals surface area contributed by atoms with Crippen LogP contribution in [0.15, 0.2) is 48.5 Å². The fourth-order valence-electron chi connectivity index (χ4n) is 2.66. The van der Waals surface area contributed by atoms with Crippen molar-refractivity contribution < 1.29 is 9.18 Å². The van der Waals surface area contributed by atoms with Crippen LogP contribution in [0.5, 0.6) is 0 Å². The van der Waals surface area contributed by atoms with Crippen molar-refractivity contribution in [3.63, 3.8) is 0 Å². The van der Waals surface area contributed by atoms with Crippen LogP contribution in [0.2, 0.25) is 0 Å². The van der Waals surface area contributed by atoms with E-state index >= 15 is 0 Å². The molecule has 128 valence electrons. The summed E-state index contributed by atoms with van der Waals surface area (Å²) in [5.74, 6) is -0.221. The Balaban J connectivity index is 1.77. The number of amides is 1. The number of hydrogen-bond donors (Lipinski definition) is 1. The Morgan fingerprint density at radius 3 is 2.67 bits per heavy atom. The van der Waals surface area contributed by atoms with Gasteiger partial charge in [-0.2, -0.15) is 0 Å². The number of halogens is 1.